The Balaban J connectivity index is 3.17. The SMILES string of the molecule is CC(C)C(C)C(O)c1c(F)ccc(Br)c1F. The van der Waals surface area contributed by atoms with Crippen LogP contribution in [0.25, 0.3) is 0 Å². The van der Waals surface area contributed by atoms with E-state index in [0.29, 0.717) is 0 Å². The molecule has 0 spiro atoms. The van der Waals surface area contributed by atoms with Gasteiger partial charge in [-0.25, -0.2) is 8.78 Å². The first-order chi connectivity index (χ1) is 7.36. The van der Waals surface area contributed by atoms with Gasteiger partial charge in [0.25, 0.3) is 0 Å². The van der Waals surface area contributed by atoms with Gasteiger partial charge in [0, 0.05) is 0 Å². The molecule has 16 heavy (non-hydrogen) atoms. The largest absolute Gasteiger partial charge is 0.388 e. The topological polar surface area (TPSA) is 20.2 Å². The standard InChI is InChI=1S/C12H15BrF2O/c1-6(2)7(3)12(16)10-9(14)5-4-8(13)11(10)15/h4-7,12,16H,1-3H3. The second-order valence-electron chi connectivity index (χ2n) is 4.30. The quantitative estimate of drug-likeness (QED) is 0.833. The summed E-state index contributed by atoms with van der Waals surface area (Å²) in [7, 11) is 0. The van der Waals surface area contributed by atoms with Crippen molar-refractivity contribution < 1.29 is 13.9 Å². The first-order valence-corrected chi connectivity index (χ1v) is 5.97. The van der Waals surface area contributed by atoms with Crippen molar-refractivity contribution in [1.29, 1.82) is 0 Å². The minimum atomic E-state index is -1.13. The predicted molar refractivity (Wildman–Crippen MR) is 63.0 cm³/mol. The van der Waals surface area contributed by atoms with Crippen molar-refractivity contribution >= 4 is 15.9 Å². The second-order valence-corrected chi connectivity index (χ2v) is 5.16. The maximum atomic E-state index is 13.7. The molecule has 0 fully saturated rings. The average molecular weight is 293 g/mol. The van der Waals surface area contributed by atoms with E-state index in [4.69, 9.17) is 0 Å². The zero-order valence-electron chi connectivity index (χ0n) is 9.47. The summed E-state index contributed by atoms with van der Waals surface area (Å²) in [6.45, 7) is 5.58. The Morgan fingerprint density at radius 3 is 2.25 bits per heavy atom. The Hall–Kier alpha value is -0.480. The van der Waals surface area contributed by atoms with E-state index in [-0.39, 0.29) is 21.9 Å². The fourth-order valence-electron chi connectivity index (χ4n) is 1.44. The van der Waals surface area contributed by atoms with E-state index in [1.807, 2.05) is 13.8 Å². The highest BCUT2D eigenvalue weighted by Crippen LogP contribution is 2.33. The zero-order chi connectivity index (χ0) is 12.5. The van der Waals surface area contributed by atoms with E-state index in [0.717, 1.165) is 6.07 Å². The Labute approximate surface area is 103 Å². The van der Waals surface area contributed by atoms with Crippen LogP contribution in [0.15, 0.2) is 16.6 Å². The van der Waals surface area contributed by atoms with Crippen molar-refractivity contribution in [3.05, 3.63) is 33.8 Å². The van der Waals surface area contributed by atoms with Crippen LogP contribution in [0.4, 0.5) is 8.78 Å². The molecule has 1 nitrogen and oxygen atoms in total. The summed E-state index contributed by atoms with van der Waals surface area (Å²) in [6.07, 6.45) is -1.13. The van der Waals surface area contributed by atoms with Crippen molar-refractivity contribution in [3.63, 3.8) is 0 Å². The minimum Gasteiger partial charge on any atom is -0.388 e. The summed E-state index contributed by atoms with van der Waals surface area (Å²) >= 11 is 2.98. The third kappa shape index (κ3) is 2.61. The molecule has 90 valence electrons. The second kappa shape index (κ2) is 5.23. The van der Waals surface area contributed by atoms with Crippen LogP contribution in [-0.2, 0) is 0 Å². The highest BCUT2D eigenvalue weighted by molar-refractivity contribution is 9.10. The third-order valence-corrected chi connectivity index (χ3v) is 3.54. The normalized spacial score (nSPS) is 15.2. The van der Waals surface area contributed by atoms with Crippen LogP contribution >= 0.6 is 15.9 Å². The molecule has 1 rings (SSSR count). The molecule has 0 saturated carbocycles. The molecule has 0 aliphatic heterocycles. The number of benzene rings is 1. The lowest BCUT2D eigenvalue weighted by Crippen LogP contribution is -2.17. The number of halogens is 3. The van der Waals surface area contributed by atoms with Gasteiger partial charge in [-0.05, 0) is 39.9 Å². The Morgan fingerprint density at radius 2 is 1.75 bits per heavy atom. The van der Waals surface area contributed by atoms with Gasteiger partial charge in [0.2, 0.25) is 0 Å². The molecular formula is C12H15BrF2O. The fourth-order valence-corrected chi connectivity index (χ4v) is 1.79. The van der Waals surface area contributed by atoms with Crippen LogP contribution in [0, 0.1) is 23.5 Å². The van der Waals surface area contributed by atoms with E-state index in [2.05, 4.69) is 15.9 Å². The maximum Gasteiger partial charge on any atom is 0.146 e. The molecule has 2 atom stereocenters. The summed E-state index contributed by atoms with van der Waals surface area (Å²) < 4.78 is 27.3. The number of hydrogen-bond acceptors (Lipinski definition) is 1. The lowest BCUT2D eigenvalue weighted by Gasteiger charge is -2.23. The summed E-state index contributed by atoms with van der Waals surface area (Å²) in [4.78, 5) is 0. The molecule has 0 heterocycles. The maximum absolute atomic E-state index is 13.7. The first-order valence-electron chi connectivity index (χ1n) is 5.17. The molecule has 0 saturated heterocycles. The average Bonchev–Trinajstić information content (AvgIpc) is 2.22. The van der Waals surface area contributed by atoms with Crippen LogP contribution in [0.3, 0.4) is 0 Å². The predicted octanol–water partition coefficient (Wildman–Crippen LogP) is 4.05. The van der Waals surface area contributed by atoms with E-state index >= 15 is 0 Å². The minimum absolute atomic E-state index is 0.146. The van der Waals surface area contributed by atoms with Crippen molar-refractivity contribution in [1.82, 2.24) is 0 Å². The van der Waals surface area contributed by atoms with Gasteiger partial charge < -0.3 is 5.11 Å². The lowest BCUT2D eigenvalue weighted by molar-refractivity contribution is 0.0849. The fraction of sp³-hybridized carbons (Fsp3) is 0.500. The Morgan fingerprint density at radius 1 is 1.19 bits per heavy atom. The molecule has 0 aliphatic rings. The van der Waals surface area contributed by atoms with Gasteiger partial charge in [0.15, 0.2) is 0 Å². The van der Waals surface area contributed by atoms with Gasteiger partial charge in [-0.3, -0.25) is 0 Å². The van der Waals surface area contributed by atoms with Crippen LogP contribution in [0.5, 0.6) is 0 Å². The van der Waals surface area contributed by atoms with E-state index in [9.17, 15) is 13.9 Å². The smallest absolute Gasteiger partial charge is 0.146 e. The molecule has 1 aromatic carbocycles. The Bertz CT molecular complexity index is 380. The van der Waals surface area contributed by atoms with Crippen LogP contribution in [-0.4, -0.2) is 5.11 Å². The van der Waals surface area contributed by atoms with Crippen molar-refractivity contribution in [2.75, 3.05) is 0 Å². The van der Waals surface area contributed by atoms with Gasteiger partial charge in [-0.1, -0.05) is 20.8 Å². The first kappa shape index (κ1) is 13.6. The molecule has 4 heteroatoms. The van der Waals surface area contributed by atoms with Crippen molar-refractivity contribution in [2.45, 2.75) is 26.9 Å². The molecule has 0 amide bonds. The zero-order valence-corrected chi connectivity index (χ0v) is 11.1. The lowest BCUT2D eigenvalue weighted by atomic mass is 9.88. The number of aliphatic hydroxyl groups is 1. The highest BCUT2D eigenvalue weighted by atomic mass is 79.9. The molecule has 0 aromatic heterocycles. The van der Waals surface area contributed by atoms with E-state index in [1.54, 1.807) is 6.92 Å². The highest BCUT2D eigenvalue weighted by Gasteiger charge is 2.26. The van der Waals surface area contributed by atoms with Gasteiger partial charge >= 0.3 is 0 Å². The van der Waals surface area contributed by atoms with Gasteiger partial charge in [0.1, 0.15) is 11.6 Å². The molecule has 0 bridgehead atoms. The van der Waals surface area contributed by atoms with E-state index < -0.39 is 17.7 Å². The number of hydrogen-bond donors (Lipinski definition) is 1. The van der Waals surface area contributed by atoms with Crippen LogP contribution in [0.2, 0.25) is 0 Å². The number of aliphatic hydroxyl groups excluding tert-OH is 1. The van der Waals surface area contributed by atoms with Gasteiger partial charge in [-0.2, -0.15) is 0 Å². The third-order valence-electron chi connectivity index (χ3n) is 2.92. The van der Waals surface area contributed by atoms with E-state index in [1.165, 1.54) is 6.07 Å². The molecule has 2 unspecified atom stereocenters. The molecule has 1 aromatic rings. The van der Waals surface area contributed by atoms with Crippen molar-refractivity contribution in [2.24, 2.45) is 11.8 Å². The number of rotatable bonds is 3. The monoisotopic (exact) mass is 292 g/mol. The summed E-state index contributed by atoms with van der Waals surface area (Å²) in [5.41, 5.74) is -0.254. The summed E-state index contributed by atoms with van der Waals surface area (Å²) in [5, 5.41) is 9.94. The Kier molecular flexibility index (Phi) is 4.44. The van der Waals surface area contributed by atoms with Crippen LogP contribution < -0.4 is 0 Å². The molecule has 0 radical (unpaired) electrons. The molecule has 1 N–H and O–H groups in total. The van der Waals surface area contributed by atoms with Gasteiger partial charge in [0.05, 0.1) is 16.1 Å². The summed E-state index contributed by atoms with van der Waals surface area (Å²) in [6, 6.07) is 2.44. The summed E-state index contributed by atoms with van der Waals surface area (Å²) in [5.74, 6) is -1.49. The molecular weight excluding hydrogens is 278 g/mol. The van der Waals surface area contributed by atoms with Gasteiger partial charge in [-0.15, -0.1) is 0 Å². The van der Waals surface area contributed by atoms with Crippen molar-refractivity contribution in [3.8, 4) is 0 Å². The van der Waals surface area contributed by atoms with Crippen LogP contribution in [0.1, 0.15) is 32.4 Å². The molecule has 0 aliphatic carbocycles.